The molecule has 37 heavy (non-hydrogen) atoms. The number of nitro benzene ring substituents is 1. The molecule has 0 spiro atoms. The Morgan fingerprint density at radius 2 is 1.84 bits per heavy atom. The van der Waals surface area contributed by atoms with E-state index in [9.17, 15) is 23.3 Å². The Hall–Kier alpha value is -3.77. The maximum absolute atomic E-state index is 13.2. The number of non-ortho nitro benzene ring substituents is 1. The fraction of sp³-hybridized carbons (Fsp3) is 0.360. The van der Waals surface area contributed by atoms with Gasteiger partial charge in [-0.3, -0.25) is 14.9 Å². The highest BCUT2D eigenvalue weighted by molar-refractivity contribution is 7.89. The number of aromatic nitrogens is 2. The second-order valence-corrected chi connectivity index (χ2v) is 11.3. The molecule has 12 heteroatoms. The molecule has 1 unspecified atom stereocenters. The smallest absolute Gasteiger partial charge is 0.272 e. The summed E-state index contributed by atoms with van der Waals surface area (Å²) in [4.78, 5) is 23.3. The van der Waals surface area contributed by atoms with E-state index in [2.05, 4.69) is 15.1 Å². The molecule has 2 N–H and O–H groups in total. The predicted molar refractivity (Wildman–Crippen MR) is 139 cm³/mol. The molecule has 3 aromatic rings. The Kier molecular flexibility index (Phi) is 8.03. The van der Waals surface area contributed by atoms with Gasteiger partial charge >= 0.3 is 0 Å². The number of carbonyl (C=O) groups excluding carboxylic acids is 1. The minimum Gasteiger partial charge on any atom is -0.437 e. The maximum atomic E-state index is 13.2. The molecule has 0 saturated carbocycles. The minimum absolute atomic E-state index is 0.0898. The maximum Gasteiger partial charge on any atom is 0.272 e. The van der Waals surface area contributed by atoms with E-state index in [1.165, 1.54) is 10.7 Å². The van der Waals surface area contributed by atoms with E-state index in [0.29, 0.717) is 11.3 Å². The summed E-state index contributed by atoms with van der Waals surface area (Å²) in [6, 6.07) is 12.1. The first-order chi connectivity index (χ1) is 17.2. The molecule has 0 aliphatic heterocycles. The monoisotopic (exact) mass is 529 g/mol. The summed E-state index contributed by atoms with van der Waals surface area (Å²) in [5, 5.41) is 18.7. The van der Waals surface area contributed by atoms with Crippen LogP contribution in [0.4, 0.5) is 5.69 Å². The molecule has 11 nitrogen and oxygen atoms in total. The van der Waals surface area contributed by atoms with E-state index in [1.807, 2.05) is 19.9 Å². The van der Waals surface area contributed by atoms with Crippen molar-refractivity contribution in [3.63, 3.8) is 0 Å². The van der Waals surface area contributed by atoms with Crippen LogP contribution in [-0.2, 0) is 10.0 Å². The number of carbonyl (C=O) groups is 1. The van der Waals surface area contributed by atoms with Crippen molar-refractivity contribution in [1.29, 1.82) is 0 Å². The zero-order chi connectivity index (χ0) is 27.5. The number of nitrogens with one attached hydrogen (secondary N) is 2. The van der Waals surface area contributed by atoms with E-state index in [0.717, 1.165) is 18.6 Å². The average Bonchev–Trinajstić information content (AvgIpc) is 3.14. The summed E-state index contributed by atoms with van der Waals surface area (Å²) in [6.07, 6.45) is 0.721. The van der Waals surface area contributed by atoms with Crippen molar-refractivity contribution >= 4 is 21.6 Å². The first kappa shape index (κ1) is 27.8. The molecular weight excluding hydrogens is 498 g/mol. The van der Waals surface area contributed by atoms with Crippen molar-refractivity contribution in [1.82, 2.24) is 19.8 Å². The highest BCUT2D eigenvalue weighted by Crippen LogP contribution is 2.36. The quantitative estimate of drug-likeness (QED) is 0.307. The SMILES string of the molecule is CCC(C)NC(=O)c1nn(-c2ccccc2)c(Oc2ccc([N+](=O)[O-])cc2S(=O)(=O)NC(C)(C)C)c1C. The molecule has 1 aromatic heterocycles. The first-order valence-corrected chi connectivity index (χ1v) is 13.2. The van der Waals surface area contributed by atoms with Crippen LogP contribution in [0.15, 0.2) is 53.4 Å². The van der Waals surface area contributed by atoms with Crippen molar-refractivity contribution in [3.8, 4) is 17.3 Å². The van der Waals surface area contributed by atoms with Crippen LogP contribution in [0.25, 0.3) is 5.69 Å². The normalized spacial score (nSPS) is 12.7. The van der Waals surface area contributed by atoms with Crippen LogP contribution in [0.2, 0.25) is 0 Å². The predicted octanol–water partition coefficient (Wildman–Crippen LogP) is 4.49. The number of sulfonamides is 1. The van der Waals surface area contributed by atoms with Gasteiger partial charge in [-0.25, -0.2) is 13.1 Å². The van der Waals surface area contributed by atoms with Crippen LogP contribution in [0.3, 0.4) is 0 Å². The van der Waals surface area contributed by atoms with Crippen LogP contribution in [0.5, 0.6) is 11.6 Å². The van der Waals surface area contributed by atoms with Crippen LogP contribution >= 0.6 is 0 Å². The van der Waals surface area contributed by atoms with E-state index in [4.69, 9.17) is 4.74 Å². The minimum atomic E-state index is -4.23. The largest absolute Gasteiger partial charge is 0.437 e. The lowest BCUT2D eigenvalue weighted by molar-refractivity contribution is -0.385. The number of benzene rings is 2. The highest BCUT2D eigenvalue weighted by atomic mass is 32.2. The van der Waals surface area contributed by atoms with Gasteiger partial charge in [0.2, 0.25) is 15.9 Å². The van der Waals surface area contributed by atoms with E-state index >= 15 is 0 Å². The number of ether oxygens (including phenoxy) is 1. The molecule has 198 valence electrons. The van der Waals surface area contributed by atoms with Gasteiger partial charge in [-0.2, -0.15) is 9.78 Å². The molecule has 0 radical (unpaired) electrons. The molecule has 1 atom stereocenters. The van der Waals surface area contributed by atoms with Gasteiger partial charge in [0.25, 0.3) is 11.6 Å². The number of amides is 1. The lowest BCUT2D eigenvalue weighted by atomic mass is 10.1. The van der Waals surface area contributed by atoms with Crippen molar-refractivity contribution < 1.29 is 22.9 Å². The summed E-state index contributed by atoms with van der Waals surface area (Å²) in [5.41, 5.74) is -0.219. The molecule has 1 heterocycles. The fourth-order valence-corrected chi connectivity index (χ4v) is 4.99. The summed E-state index contributed by atoms with van der Waals surface area (Å²) in [7, 11) is -4.23. The number of hydrogen-bond donors (Lipinski definition) is 2. The van der Waals surface area contributed by atoms with Crippen molar-refractivity contribution in [2.75, 3.05) is 0 Å². The van der Waals surface area contributed by atoms with Crippen LogP contribution < -0.4 is 14.8 Å². The lowest BCUT2D eigenvalue weighted by Gasteiger charge is -2.21. The number of nitro groups is 1. The van der Waals surface area contributed by atoms with Crippen molar-refractivity contribution in [3.05, 3.63) is 69.9 Å². The van der Waals surface area contributed by atoms with Crippen LogP contribution in [0, 0.1) is 17.0 Å². The molecular formula is C25H31N5O6S. The summed E-state index contributed by atoms with van der Waals surface area (Å²) >= 11 is 0. The molecule has 0 aliphatic rings. The van der Waals surface area contributed by atoms with Gasteiger partial charge in [0, 0.05) is 29.3 Å². The highest BCUT2D eigenvalue weighted by Gasteiger charge is 2.30. The Bertz CT molecular complexity index is 1410. The van der Waals surface area contributed by atoms with Gasteiger partial charge in [-0.1, -0.05) is 25.1 Å². The Morgan fingerprint density at radius 1 is 1.19 bits per heavy atom. The Balaban J connectivity index is 2.20. The van der Waals surface area contributed by atoms with E-state index < -0.39 is 37.0 Å². The van der Waals surface area contributed by atoms with Gasteiger partial charge in [-0.15, -0.1) is 0 Å². The topological polar surface area (TPSA) is 145 Å². The average molecular weight is 530 g/mol. The van der Waals surface area contributed by atoms with Crippen molar-refractivity contribution in [2.45, 2.75) is 64.4 Å². The number of rotatable bonds is 9. The zero-order valence-corrected chi connectivity index (χ0v) is 22.4. The van der Waals surface area contributed by atoms with Gasteiger partial charge in [0.05, 0.1) is 10.6 Å². The third-order valence-corrected chi connectivity index (χ3v) is 7.13. The fourth-order valence-electron chi connectivity index (χ4n) is 3.42. The molecule has 0 fully saturated rings. The lowest BCUT2D eigenvalue weighted by Crippen LogP contribution is -2.40. The van der Waals surface area contributed by atoms with E-state index in [-0.39, 0.29) is 23.4 Å². The van der Waals surface area contributed by atoms with Gasteiger partial charge in [0.1, 0.15) is 10.6 Å². The molecule has 0 saturated heterocycles. The second-order valence-electron chi connectivity index (χ2n) is 9.65. The van der Waals surface area contributed by atoms with Gasteiger partial charge in [-0.05, 0) is 59.2 Å². The van der Waals surface area contributed by atoms with Crippen molar-refractivity contribution in [2.24, 2.45) is 0 Å². The number of hydrogen-bond acceptors (Lipinski definition) is 7. The molecule has 2 aromatic carbocycles. The molecule has 1 amide bonds. The number of nitrogens with zero attached hydrogens (tertiary/aromatic N) is 3. The summed E-state index contributed by atoms with van der Waals surface area (Å²) < 4.78 is 36.5. The van der Waals surface area contributed by atoms with Crippen LogP contribution in [-0.4, -0.2) is 40.6 Å². The standard InChI is InChI=1S/C25H31N5O6S/c1-7-16(2)26-23(31)22-17(3)24(29(27-22)18-11-9-8-10-12-18)36-20-14-13-19(30(32)33)15-21(20)37(34,35)28-25(4,5)6/h8-16,28H,7H2,1-6H3,(H,26,31). The van der Waals surface area contributed by atoms with E-state index in [1.54, 1.807) is 52.0 Å². The number of para-hydroxylation sites is 1. The van der Waals surface area contributed by atoms with Crippen LogP contribution in [0.1, 0.15) is 57.1 Å². The zero-order valence-electron chi connectivity index (χ0n) is 21.6. The third kappa shape index (κ3) is 6.52. The molecule has 0 bridgehead atoms. The summed E-state index contributed by atoms with van der Waals surface area (Å²) in [6.45, 7) is 10.4. The second kappa shape index (κ2) is 10.7. The Labute approximate surface area is 216 Å². The molecule has 0 aliphatic carbocycles. The van der Waals surface area contributed by atoms with Gasteiger partial charge in [0.15, 0.2) is 5.69 Å². The molecule has 3 rings (SSSR count). The Morgan fingerprint density at radius 3 is 2.41 bits per heavy atom. The van der Waals surface area contributed by atoms with Gasteiger partial charge < -0.3 is 10.1 Å². The third-order valence-electron chi connectivity index (χ3n) is 5.35. The first-order valence-electron chi connectivity index (χ1n) is 11.7. The summed E-state index contributed by atoms with van der Waals surface area (Å²) in [5.74, 6) is -0.463.